The Morgan fingerprint density at radius 2 is 2.16 bits per heavy atom. The Hall–Kier alpha value is -1.66. The minimum absolute atomic E-state index is 0.0231. The summed E-state index contributed by atoms with van der Waals surface area (Å²) in [6.07, 6.45) is 0. The summed E-state index contributed by atoms with van der Waals surface area (Å²) in [5, 5.41) is 22.3. The minimum atomic E-state index is -0.648. The average molecular weight is 287 g/mol. The van der Waals surface area contributed by atoms with E-state index in [-0.39, 0.29) is 28.8 Å². The third-order valence-corrected chi connectivity index (χ3v) is 3.13. The third kappa shape index (κ3) is 3.65. The second kappa shape index (κ2) is 6.49. The number of nitrogens with zero attached hydrogens (tertiary/aromatic N) is 1. The monoisotopic (exact) mass is 286 g/mol. The Balaban J connectivity index is 3.00. The molecule has 0 aliphatic rings. The predicted molar refractivity (Wildman–Crippen MR) is 71.3 cm³/mol. The Morgan fingerprint density at radius 3 is 2.63 bits per heavy atom. The van der Waals surface area contributed by atoms with Crippen molar-refractivity contribution in [3.63, 3.8) is 0 Å². The van der Waals surface area contributed by atoms with Gasteiger partial charge in [-0.15, -0.1) is 0 Å². The van der Waals surface area contributed by atoms with Crippen LogP contribution in [-0.2, 0) is 0 Å². The van der Waals surface area contributed by atoms with E-state index >= 15 is 0 Å². The van der Waals surface area contributed by atoms with Crippen LogP contribution in [0.2, 0.25) is 5.02 Å². The summed E-state index contributed by atoms with van der Waals surface area (Å²) in [4.78, 5) is 22.1. The fraction of sp³-hybridized carbons (Fsp3) is 0.417. The van der Waals surface area contributed by atoms with Crippen molar-refractivity contribution < 1.29 is 14.8 Å². The van der Waals surface area contributed by atoms with E-state index in [2.05, 4.69) is 5.32 Å². The van der Waals surface area contributed by atoms with Gasteiger partial charge in [-0.05, 0) is 12.0 Å². The van der Waals surface area contributed by atoms with Gasteiger partial charge in [0.15, 0.2) is 0 Å². The first kappa shape index (κ1) is 15.4. The first-order valence-electron chi connectivity index (χ1n) is 5.73. The normalized spacial score (nSPS) is 12.3. The molecule has 6 nitrogen and oxygen atoms in total. The van der Waals surface area contributed by atoms with Crippen LogP contribution >= 0.6 is 11.6 Å². The molecule has 0 fully saturated rings. The molecule has 0 radical (unpaired) electrons. The van der Waals surface area contributed by atoms with Crippen molar-refractivity contribution >= 4 is 23.2 Å². The second-order valence-corrected chi connectivity index (χ2v) is 4.78. The number of hydrogen-bond donors (Lipinski definition) is 2. The number of amides is 1. The van der Waals surface area contributed by atoms with E-state index in [4.69, 9.17) is 16.7 Å². The molecule has 0 saturated heterocycles. The van der Waals surface area contributed by atoms with Crippen molar-refractivity contribution in [2.45, 2.75) is 19.9 Å². The zero-order chi connectivity index (χ0) is 14.6. The van der Waals surface area contributed by atoms with Crippen LogP contribution in [0.25, 0.3) is 0 Å². The number of aliphatic hydroxyl groups excluding tert-OH is 1. The SMILES string of the molecule is CC(C)[C@@H](CO)NC(=O)c1cccc([N+](=O)[O-])c1Cl. The number of rotatable bonds is 5. The number of benzene rings is 1. The average Bonchev–Trinajstić information content (AvgIpc) is 2.35. The van der Waals surface area contributed by atoms with Crippen LogP contribution in [0.5, 0.6) is 0 Å². The zero-order valence-corrected chi connectivity index (χ0v) is 11.3. The van der Waals surface area contributed by atoms with Gasteiger partial charge >= 0.3 is 0 Å². The smallest absolute Gasteiger partial charge is 0.288 e. The van der Waals surface area contributed by atoms with Crippen molar-refractivity contribution in [1.82, 2.24) is 5.32 Å². The van der Waals surface area contributed by atoms with Crippen LogP contribution in [0.15, 0.2) is 18.2 Å². The number of carbonyl (C=O) groups is 1. The highest BCUT2D eigenvalue weighted by atomic mass is 35.5. The summed E-state index contributed by atoms with van der Waals surface area (Å²) >= 11 is 5.84. The maximum Gasteiger partial charge on any atom is 0.288 e. The number of nitrogens with one attached hydrogen (secondary N) is 1. The Morgan fingerprint density at radius 1 is 1.53 bits per heavy atom. The third-order valence-electron chi connectivity index (χ3n) is 2.74. The number of aliphatic hydroxyl groups is 1. The minimum Gasteiger partial charge on any atom is -0.394 e. The highest BCUT2D eigenvalue weighted by molar-refractivity contribution is 6.35. The molecule has 0 aliphatic heterocycles. The lowest BCUT2D eigenvalue weighted by Gasteiger charge is -2.20. The molecule has 104 valence electrons. The van der Waals surface area contributed by atoms with Crippen LogP contribution in [0.1, 0.15) is 24.2 Å². The molecule has 0 aromatic heterocycles. The van der Waals surface area contributed by atoms with E-state index in [0.717, 1.165) is 0 Å². The molecule has 0 heterocycles. The van der Waals surface area contributed by atoms with Crippen molar-refractivity contribution in [3.8, 4) is 0 Å². The molecule has 1 rings (SSSR count). The van der Waals surface area contributed by atoms with Gasteiger partial charge in [-0.2, -0.15) is 0 Å². The molecule has 2 N–H and O–H groups in total. The summed E-state index contributed by atoms with van der Waals surface area (Å²) in [6.45, 7) is 3.47. The Labute approximate surface area is 115 Å². The number of nitro benzene ring substituents is 1. The molecule has 1 aromatic carbocycles. The molecule has 0 bridgehead atoms. The molecule has 19 heavy (non-hydrogen) atoms. The van der Waals surface area contributed by atoms with Crippen molar-refractivity contribution in [3.05, 3.63) is 38.9 Å². The largest absolute Gasteiger partial charge is 0.394 e. The molecule has 0 spiro atoms. The van der Waals surface area contributed by atoms with Gasteiger partial charge in [0.1, 0.15) is 5.02 Å². The van der Waals surface area contributed by atoms with E-state index in [1.165, 1.54) is 18.2 Å². The lowest BCUT2D eigenvalue weighted by molar-refractivity contribution is -0.384. The maximum absolute atomic E-state index is 12.0. The lowest BCUT2D eigenvalue weighted by Crippen LogP contribution is -2.41. The van der Waals surface area contributed by atoms with Gasteiger partial charge in [0.05, 0.1) is 23.1 Å². The van der Waals surface area contributed by atoms with Gasteiger partial charge in [-0.1, -0.05) is 31.5 Å². The van der Waals surface area contributed by atoms with Crippen LogP contribution < -0.4 is 5.32 Å². The number of nitro groups is 1. The summed E-state index contributed by atoms with van der Waals surface area (Å²) in [5.41, 5.74) is -0.297. The number of hydrogen-bond acceptors (Lipinski definition) is 4. The van der Waals surface area contributed by atoms with Crippen molar-refractivity contribution in [2.24, 2.45) is 5.92 Å². The lowest BCUT2D eigenvalue weighted by atomic mass is 10.0. The number of carbonyl (C=O) groups excluding carboxylic acids is 1. The van der Waals surface area contributed by atoms with Crippen LogP contribution in [0.3, 0.4) is 0 Å². The van der Waals surface area contributed by atoms with Gasteiger partial charge in [-0.25, -0.2) is 0 Å². The number of halogens is 1. The molecule has 1 amide bonds. The van der Waals surface area contributed by atoms with E-state index < -0.39 is 16.9 Å². The van der Waals surface area contributed by atoms with Crippen molar-refractivity contribution in [1.29, 1.82) is 0 Å². The highest BCUT2D eigenvalue weighted by Crippen LogP contribution is 2.27. The molecular formula is C12H15ClN2O4. The summed E-state index contributed by atoms with van der Waals surface area (Å²) in [6, 6.07) is 3.59. The van der Waals surface area contributed by atoms with Crippen LogP contribution in [0, 0.1) is 16.0 Å². The van der Waals surface area contributed by atoms with E-state index in [9.17, 15) is 14.9 Å². The molecule has 0 aliphatic carbocycles. The molecule has 1 aromatic rings. The Bertz CT molecular complexity index is 491. The maximum atomic E-state index is 12.0. The quantitative estimate of drug-likeness (QED) is 0.639. The standard InChI is InChI=1S/C12H15ClN2O4/c1-7(2)9(6-16)14-12(17)8-4-3-5-10(11(8)13)15(18)19/h3-5,7,9,16H,6H2,1-2H3,(H,14,17)/t9-/m1/s1. The summed E-state index contributed by atoms with van der Waals surface area (Å²) < 4.78 is 0. The molecule has 0 saturated carbocycles. The van der Waals surface area contributed by atoms with Crippen LogP contribution in [-0.4, -0.2) is 28.6 Å². The molecule has 1 atom stereocenters. The topological polar surface area (TPSA) is 92.5 Å². The van der Waals surface area contributed by atoms with Gasteiger partial charge in [0.25, 0.3) is 11.6 Å². The van der Waals surface area contributed by atoms with Gasteiger partial charge in [0, 0.05) is 6.07 Å². The highest BCUT2D eigenvalue weighted by Gasteiger charge is 2.22. The van der Waals surface area contributed by atoms with E-state index in [1.807, 2.05) is 13.8 Å². The fourth-order valence-corrected chi connectivity index (χ4v) is 1.79. The fourth-order valence-electron chi connectivity index (χ4n) is 1.51. The van der Waals surface area contributed by atoms with E-state index in [1.54, 1.807) is 0 Å². The first-order valence-corrected chi connectivity index (χ1v) is 6.11. The van der Waals surface area contributed by atoms with Gasteiger partial charge < -0.3 is 10.4 Å². The van der Waals surface area contributed by atoms with Crippen LogP contribution in [0.4, 0.5) is 5.69 Å². The first-order chi connectivity index (χ1) is 8.88. The van der Waals surface area contributed by atoms with Crippen molar-refractivity contribution in [2.75, 3.05) is 6.61 Å². The van der Waals surface area contributed by atoms with Gasteiger partial charge in [0.2, 0.25) is 0 Å². The Kier molecular flexibility index (Phi) is 5.26. The summed E-state index contributed by atoms with van der Waals surface area (Å²) in [5.74, 6) is -0.507. The molecule has 0 unspecified atom stereocenters. The predicted octanol–water partition coefficient (Wildman–Crippen LogP) is 1.99. The van der Waals surface area contributed by atoms with E-state index in [0.29, 0.717) is 0 Å². The molecular weight excluding hydrogens is 272 g/mol. The molecule has 7 heteroatoms. The second-order valence-electron chi connectivity index (χ2n) is 4.40. The zero-order valence-electron chi connectivity index (χ0n) is 10.6. The summed E-state index contributed by atoms with van der Waals surface area (Å²) in [7, 11) is 0. The van der Waals surface area contributed by atoms with Gasteiger partial charge in [-0.3, -0.25) is 14.9 Å².